The Labute approximate surface area is 92.8 Å². The fraction of sp³-hybridized carbons (Fsp3) is 0.364. The predicted molar refractivity (Wildman–Crippen MR) is 56.1 cm³/mol. The van der Waals surface area contributed by atoms with Gasteiger partial charge in [-0.3, -0.25) is 0 Å². The van der Waals surface area contributed by atoms with Crippen molar-refractivity contribution in [2.24, 2.45) is 5.73 Å². The van der Waals surface area contributed by atoms with Crippen molar-refractivity contribution in [2.45, 2.75) is 25.6 Å². The molecule has 1 rings (SSSR count). The summed E-state index contributed by atoms with van der Waals surface area (Å²) < 4.78 is 17.4. The Kier molecular flexibility index (Phi) is 4.25. The Bertz CT molecular complexity index is 353. The van der Waals surface area contributed by atoms with Gasteiger partial charge in [-0.05, 0) is 24.1 Å². The highest BCUT2D eigenvalue weighted by molar-refractivity contribution is 5.64. The van der Waals surface area contributed by atoms with Crippen LogP contribution in [0, 0.1) is 5.82 Å². The quantitative estimate of drug-likeness (QED) is 0.822. The lowest BCUT2D eigenvalue weighted by atomic mass is 10.0. The van der Waals surface area contributed by atoms with E-state index in [1.807, 2.05) is 0 Å². The van der Waals surface area contributed by atoms with E-state index in [4.69, 9.17) is 10.5 Å². The zero-order valence-electron chi connectivity index (χ0n) is 8.89. The maximum absolute atomic E-state index is 12.7. The van der Waals surface area contributed by atoms with E-state index in [2.05, 4.69) is 0 Å². The summed E-state index contributed by atoms with van der Waals surface area (Å²) in [7, 11) is 0. The van der Waals surface area contributed by atoms with Crippen LogP contribution in [0.1, 0.15) is 25.0 Å². The summed E-state index contributed by atoms with van der Waals surface area (Å²) in [6, 6.07) is 5.34. The zero-order chi connectivity index (χ0) is 12.1. The summed E-state index contributed by atoms with van der Waals surface area (Å²) in [5.74, 6) is -0.389. The van der Waals surface area contributed by atoms with Gasteiger partial charge in [-0.1, -0.05) is 19.1 Å². The van der Waals surface area contributed by atoms with E-state index in [1.165, 1.54) is 24.3 Å². The maximum Gasteiger partial charge on any atom is 0.404 e. The average molecular weight is 227 g/mol. The van der Waals surface area contributed by atoms with Gasteiger partial charge in [-0.2, -0.15) is 0 Å². The van der Waals surface area contributed by atoms with Crippen molar-refractivity contribution < 1.29 is 19.0 Å². The number of hydrogen-bond acceptors (Lipinski definition) is 3. The molecule has 0 radical (unpaired) electrons. The Morgan fingerprint density at radius 2 is 2.06 bits per heavy atom. The molecule has 0 aliphatic rings. The highest BCUT2D eigenvalue weighted by atomic mass is 19.1. The van der Waals surface area contributed by atoms with Gasteiger partial charge in [0.15, 0.2) is 0 Å². The van der Waals surface area contributed by atoms with Gasteiger partial charge in [0.2, 0.25) is 0 Å². The summed E-state index contributed by atoms with van der Waals surface area (Å²) in [5.41, 5.74) is 5.36. The average Bonchev–Trinajstić information content (AvgIpc) is 2.25. The topological polar surface area (TPSA) is 72.5 Å². The molecule has 4 nitrogen and oxygen atoms in total. The van der Waals surface area contributed by atoms with E-state index in [-0.39, 0.29) is 5.82 Å². The van der Waals surface area contributed by atoms with Crippen LogP contribution in [0.25, 0.3) is 0 Å². The summed E-state index contributed by atoms with van der Waals surface area (Å²) in [4.78, 5) is 10.6. The number of nitrogens with two attached hydrogens (primary N) is 1. The van der Waals surface area contributed by atoms with Crippen molar-refractivity contribution in [1.82, 2.24) is 0 Å². The molecule has 3 N–H and O–H groups in total. The van der Waals surface area contributed by atoms with E-state index in [0.29, 0.717) is 12.0 Å². The van der Waals surface area contributed by atoms with Crippen molar-refractivity contribution >= 4 is 6.09 Å². The largest absolute Gasteiger partial charge is 0.443 e. The van der Waals surface area contributed by atoms with Crippen LogP contribution in [0.15, 0.2) is 24.3 Å². The van der Waals surface area contributed by atoms with Crippen LogP contribution in [-0.4, -0.2) is 17.3 Å². The van der Waals surface area contributed by atoms with Gasteiger partial charge >= 0.3 is 6.09 Å². The number of carbonyl (C=O) groups is 1. The van der Waals surface area contributed by atoms with E-state index in [1.54, 1.807) is 6.92 Å². The zero-order valence-corrected chi connectivity index (χ0v) is 8.89. The number of hydrogen-bond donors (Lipinski definition) is 2. The lowest BCUT2D eigenvalue weighted by molar-refractivity contribution is 0.00333. The second-order valence-corrected chi connectivity index (χ2v) is 3.38. The van der Waals surface area contributed by atoms with Crippen LogP contribution < -0.4 is 5.73 Å². The molecule has 1 amide bonds. The molecule has 5 heteroatoms. The van der Waals surface area contributed by atoms with Crippen LogP contribution in [0.5, 0.6) is 0 Å². The minimum atomic E-state index is -1.00. The third-order valence-corrected chi connectivity index (χ3v) is 2.23. The van der Waals surface area contributed by atoms with Crippen molar-refractivity contribution in [2.75, 3.05) is 0 Å². The molecule has 2 atom stereocenters. The smallest absolute Gasteiger partial charge is 0.404 e. The summed E-state index contributed by atoms with van der Waals surface area (Å²) in [6.07, 6.45) is -2.24. The van der Waals surface area contributed by atoms with Crippen LogP contribution in [0.2, 0.25) is 0 Å². The molecule has 16 heavy (non-hydrogen) atoms. The molecule has 1 aromatic carbocycles. The Balaban J connectivity index is 2.78. The van der Waals surface area contributed by atoms with Gasteiger partial charge in [-0.15, -0.1) is 0 Å². The second-order valence-electron chi connectivity index (χ2n) is 3.38. The van der Waals surface area contributed by atoms with Gasteiger partial charge in [0.25, 0.3) is 0 Å². The number of ether oxygens (including phenoxy) is 1. The van der Waals surface area contributed by atoms with Crippen molar-refractivity contribution in [1.29, 1.82) is 0 Å². The number of rotatable bonds is 4. The summed E-state index contributed by atoms with van der Waals surface area (Å²) in [5, 5.41) is 9.86. The van der Waals surface area contributed by atoms with Crippen molar-refractivity contribution in [3.05, 3.63) is 35.6 Å². The standard InChI is InChI=1S/C11H14FNO3/c1-2-9(16-11(13)15)10(14)7-3-5-8(12)6-4-7/h3-6,9-10,14H,2H2,1H3,(H2,13,15). The Morgan fingerprint density at radius 1 is 1.50 bits per heavy atom. The molecule has 0 saturated carbocycles. The first-order valence-electron chi connectivity index (χ1n) is 4.94. The first kappa shape index (κ1) is 12.4. The Morgan fingerprint density at radius 3 is 2.50 bits per heavy atom. The third-order valence-electron chi connectivity index (χ3n) is 2.23. The first-order valence-corrected chi connectivity index (χ1v) is 4.94. The van der Waals surface area contributed by atoms with Gasteiger partial charge in [0, 0.05) is 0 Å². The molecular formula is C11H14FNO3. The fourth-order valence-electron chi connectivity index (χ4n) is 1.39. The highest BCUT2D eigenvalue weighted by Gasteiger charge is 2.22. The minimum Gasteiger partial charge on any atom is -0.443 e. The Hall–Kier alpha value is -1.62. The fourth-order valence-corrected chi connectivity index (χ4v) is 1.39. The summed E-state index contributed by atoms with van der Waals surface area (Å²) >= 11 is 0. The SMILES string of the molecule is CCC(OC(N)=O)C(O)c1ccc(F)cc1. The van der Waals surface area contributed by atoms with Crippen molar-refractivity contribution in [3.8, 4) is 0 Å². The van der Waals surface area contributed by atoms with Crippen LogP contribution in [-0.2, 0) is 4.74 Å². The van der Waals surface area contributed by atoms with Gasteiger partial charge in [0.1, 0.15) is 18.0 Å². The first-order chi connectivity index (χ1) is 7.54. The number of carbonyl (C=O) groups excluding carboxylic acids is 1. The number of benzene rings is 1. The normalized spacial score (nSPS) is 14.2. The molecule has 0 spiro atoms. The molecular weight excluding hydrogens is 213 g/mol. The predicted octanol–water partition coefficient (Wildman–Crippen LogP) is 1.73. The molecule has 0 aromatic heterocycles. The van der Waals surface area contributed by atoms with Gasteiger partial charge in [-0.25, -0.2) is 9.18 Å². The molecule has 0 saturated heterocycles. The number of primary amides is 1. The number of aliphatic hydroxyl groups is 1. The maximum atomic E-state index is 12.7. The molecule has 0 bridgehead atoms. The second kappa shape index (κ2) is 5.46. The highest BCUT2D eigenvalue weighted by Crippen LogP contribution is 2.21. The lowest BCUT2D eigenvalue weighted by Crippen LogP contribution is -2.27. The van der Waals surface area contributed by atoms with Crippen LogP contribution in [0.3, 0.4) is 0 Å². The molecule has 1 aromatic rings. The molecule has 0 aliphatic carbocycles. The molecule has 0 fully saturated rings. The number of amides is 1. The van der Waals surface area contributed by atoms with E-state index in [0.717, 1.165) is 0 Å². The van der Waals surface area contributed by atoms with Crippen LogP contribution >= 0.6 is 0 Å². The van der Waals surface area contributed by atoms with Gasteiger partial charge < -0.3 is 15.6 Å². The van der Waals surface area contributed by atoms with Crippen molar-refractivity contribution in [3.63, 3.8) is 0 Å². The monoisotopic (exact) mass is 227 g/mol. The summed E-state index contributed by atoms with van der Waals surface area (Å²) in [6.45, 7) is 1.75. The van der Waals surface area contributed by atoms with Crippen LogP contribution in [0.4, 0.5) is 9.18 Å². The van der Waals surface area contributed by atoms with E-state index >= 15 is 0 Å². The third kappa shape index (κ3) is 3.20. The lowest BCUT2D eigenvalue weighted by Gasteiger charge is -2.21. The molecule has 88 valence electrons. The number of aliphatic hydroxyl groups excluding tert-OH is 1. The molecule has 0 aliphatic heterocycles. The minimum absolute atomic E-state index is 0.389. The number of halogens is 1. The molecule has 0 heterocycles. The van der Waals surface area contributed by atoms with Gasteiger partial charge in [0.05, 0.1) is 0 Å². The van der Waals surface area contributed by atoms with E-state index < -0.39 is 18.3 Å². The molecule has 2 unspecified atom stereocenters. The van der Waals surface area contributed by atoms with E-state index in [9.17, 15) is 14.3 Å².